The normalized spacial score (nSPS) is 13.0. The number of carbonyl (C=O) groups excluding carboxylic acids is 1. The SMILES string of the molecule is CCCC(C)OCC(N)=O. The summed E-state index contributed by atoms with van der Waals surface area (Å²) in [5.41, 5.74) is 4.87. The molecule has 0 bridgehead atoms. The summed E-state index contributed by atoms with van der Waals surface area (Å²) < 4.78 is 5.07. The van der Waals surface area contributed by atoms with Crippen LogP contribution >= 0.6 is 0 Å². The van der Waals surface area contributed by atoms with Crippen molar-refractivity contribution < 1.29 is 9.53 Å². The lowest BCUT2D eigenvalue weighted by atomic mass is 10.2. The summed E-state index contributed by atoms with van der Waals surface area (Å²) in [6, 6.07) is 0. The Bertz CT molecular complexity index is 104. The van der Waals surface area contributed by atoms with Crippen molar-refractivity contribution in [2.75, 3.05) is 6.61 Å². The summed E-state index contributed by atoms with van der Waals surface area (Å²) in [6.07, 6.45) is 2.20. The van der Waals surface area contributed by atoms with Crippen LogP contribution in [0, 0.1) is 0 Å². The Hall–Kier alpha value is -0.570. The lowest BCUT2D eigenvalue weighted by Crippen LogP contribution is -2.21. The van der Waals surface area contributed by atoms with Crippen LogP contribution in [-0.4, -0.2) is 18.6 Å². The maximum Gasteiger partial charge on any atom is 0.243 e. The second kappa shape index (κ2) is 5.23. The Balaban J connectivity index is 3.21. The molecule has 10 heavy (non-hydrogen) atoms. The highest BCUT2D eigenvalue weighted by Gasteiger charge is 2.01. The molecule has 0 heterocycles. The third kappa shape index (κ3) is 5.56. The number of amides is 1. The minimum Gasteiger partial charge on any atom is -0.369 e. The molecule has 0 aliphatic heterocycles. The largest absolute Gasteiger partial charge is 0.369 e. The van der Waals surface area contributed by atoms with E-state index < -0.39 is 5.91 Å². The van der Waals surface area contributed by atoms with Crippen LogP contribution in [0.15, 0.2) is 0 Å². The second-order valence-corrected chi connectivity index (χ2v) is 2.38. The van der Waals surface area contributed by atoms with Crippen molar-refractivity contribution in [3.8, 4) is 0 Å². The van der Waals surface area contributed by atoms with Crippen LogP contribution in [0.2, 0.25) is 0 Å². The molecule has 0 spiro atoms. The highest BCUT2D eigenvalue weighted by atomic mass is 16.5. The van der Waals surface area contributed by atoms with Crippen molar-refractivity contribution in [3.63, 3.8) is 0 Å². The number of rotatable bonds is 5. The van der Waals surface area contributed by atoms with E-state index in [1.54, 1.807) is 0 Å². The molecule has 60 valence electrons. The quantitative estimate of drug-likeness (QED) is 0.618. The van der Waals surface area contributed by atoms with Gasteiger partial charge in [0.15, 0.2) is 0 Å². The Kier molecular flexibility index (Phi) is 4.94. The Morgan fingerprint density at radius 3 is 2.70 bits per heavy atom. The monoisotopic (exact) mass is 145 g/mol. The molecule has 0 radical (unpaired) electrons. The third-order valence-corrected chi connectivity index (χ3v) is 1.21. The van der Waals surface area contributed by atoms with Crippen molar-refractivity contribution in [2.24, 2.45) is 5.73 Å². The van der Waals surface area contributed by atoms with E-state index in [0.29, 0.717) is 0 Å². The highest BCUT2D eigenvalue weighted by molar-refractivity contribution is 5.74. The molecule has 0 aromatic rings. The zero-order valence-electron chi connectivity index (χ0n) is 6.59. The van der Waals surface area contributed by atoms with Crippen LogP contribution in [0.5, 0.6) is 0 Å². The van der Waals surface area contributed by atoms with Gasteiger partial charge in [-0.2, -0.15) is 0 Å². The van der Waals surface area contributed by atoms with Gasteiger partial charge in [-0.15, -0.1) is 0 Å². The Morgan fingerprint density at radius 2 is 2.30 bits per heavy atom. The number of carbonyl (C=O) groups is 1. The molecule has 1 amide bonds. The average Bonchev–Trinajstić information content (AvgIpc) is 1.85. The van der Waals surface area contributed by atoms with Crippen molar-refractivity contribution in [1.82, 2.24) is 0 Å². The molecular weight excluding hydrogens is 130 g/mol. The van der Waals surface area contributed by atoms with Crippen LogP contribution < -0.4 is 5.73 Å². The Morgan fingerprint density at radius 1 is 1.70 bits per heavy atom. The van der Waals surface area contributed by atoms with Gasteiger partial charge in [-0.25, -0.2) is 0 Å². The summed E-state index contributed by atoms with van der Waals surface area (Å²) in [6.45, 7) is 4.05. The first-order chi connectivity index (χ1) is 4.66. The Labute approximate surface area is 61.5 Å². The molecular formula is C7H15NO2. The first-order valence-corrected chi connectivity index (χ1v) is 3.56. The molecule has 1 atom stereocenters. The molecule has 0 fully saturated rings. The van der Waals surface area contributed by atoms with Crippen LogP contribution in [0.1, 0.15) is 26.7 Å². The van der Waals surface area contributed by atoms with E-state index in [-0.39, 0.29) is 12.7 Å². The number of primary amides is 1. The summed E-state index contributed by atoms with van der Waals surface area (Å²) in [5.74, 6) is -0.400. The first-order valence-electron chi connectivity index (χ1n) is 3.56. The zero-order valence-corrected chi connectivity index (χ0v) is 6.59. The van der Waals surface area contributed by atoms with Gasteiger partial charge in [0, 0.05) is 0 Å². The minimum atomic E-state index is -0.400. The number of nitrogens with two attached hydrogens (primary N) is 1. The van der Waals surface area contributed by atoms with E-state index in [1.807, 2.05) is 6.92 Å². The maximum atomic E-state index is 10.2. The van der Waals surface area contributed by atoms with E-state index in [1.165, 1.54) is 0 Å². The van der Waals surface area contributed by atoms with E-state index >= 15 is 0 Å². The summed E-state index contributed by atoms with van der Waals surface area (Å²) in [7, 11) is 0. The van der Waals surface area contributed by atoms with Gasteiger partial charge in [-0.05, 0) is 13.3 Å². The molecule has 3 nitrogen and oxygen atoms in total. The maximum absolute atomic E-state index is 10.2. The van der Waals surface area contributed by atoms with Gasteiger partial charge < -0.3 is 10.5 Å². The molecule has 2 N–H and O–H groups in total. The molecule has 1 unspecified atom stereocenters. The van der Waals surface area contributed by atoms with Crippen LogP contribution in [0.4, 0.5) is 0 Å². The van der Waals surface area contributed by atoms with Crippen molar-refractivity contribution in [2.45, 2.75) is 32.8 Å². The number of ether oxygens (including phenoxy) is 1. The topological polar surface area (TPSA) is 52.3 Å². The smallest absolute Gasteiger partial charge is 0.243 e. The minimum absolute atomic E-state index is 0.0428. The second-order valence-electron chi connectivity index (χ2n) is 2.38. The fourth-order valence-electron chi connectivity index (χ4n) is 0.714. The van der Waals surface area contributed by atoms with E-state index in [2.05, 4.69) is 6.92 Å². The zero-order chi connectivity index (χ0) is 7.98. The van der Waals surface area contributed by atoms with Crippen molar-refractivity contribution >= 4 is 5.91 Å². The molecule has 0 saturated heterocycles. The van der Waals surface area contributed by atoms with Gasteiger partial charge in [0.05, 0.1) is 6.10 Å². The fourth-order valence-corrected chi connectivity index (χ4v) is 0.714. The van der Waals surface area contributed by atoms with E-state index in [9.17, 15) is 4.79 Å². The lowest BCUT2D eigenvalue weighted by Gasteiger charge is -2.08. The third-order valence-electron chi connectivity index (χ3n) is 1.21. The molecule has 0 aliphatic carbocycles. The molecule has 0 aliphatic rings. The van der Waals surface area contributed by atoms with Crippen molar-refractivity contribution in [1.29, 1.82) is 0 Å². The standard InChI is InChI=1S/C7H15NO2/c1-3-4-6(2)10-5-7(8)9/h6H,3-5H2,1-2H3,(H2,8,9). The lowest BCUT2D eigenvalue weighted by molar-refractivity contribution is -0.124. The number of hydrogen-bond donors (Lipinski definition) is 1. The van der Waals surface area contributed by atoms with E-state index in [4.69, 9.17) is 10.5 Å². The van der Waals surface area contributed by atoms with Gasteiger partial charge in [0.2, 0.25) is 5.91 Å². The molecule has 0 rings (SSSR count). The molecule has 3 heteroatoms. The number of hydrogen-bond acceptors (Lipinski definition) is 2. The molecule has 0 aromatic carbocycles. The van der Waals surface area contributed by atoms with Gasteiger partial charge in [0.25, 0.3) is 0 Å². The summed E-state index contributed by atoms with van der Waals surface area (Å²) in [5, 5.41) is 0. The van der Waals surface area contributed by atoms with Gasteiger partial charge in [-0.3, -0.25) is 4.79 Å². The fraction of sp³-hybridized carbons (Fsp3) is 0.857. The van der Waals surface area contributed by atoms with E-state index in [0.717, 1.165) is 12.8 Å². The van der Waals surface area contributed by atoms with Crippen LogP contribution in [0.3, 0.4) is 0 Å². The summed E-state index contributed by atoms with van der Waals surface area (Å²) in [4.78, 5) is 10.2. The summed E-state index contributed by atoms with van der Waals surface area (Å²) >= 11 is 0. The predicted molar refractivity (Wildman–Crippen MR) is 39.5 cm³/mol. The van der Waals surface area contributed by atoms with Crippen LogP contribution in [0.25, 0.3) is 0 Å². The molecule has 0 saturated carbocycles. The first kappa shape index (κ1) is 9.43. The molecule has 0 aromatic heterocycles. The average molecular weight is 145 g/mol. The van der Waals surface area contributed by atoms with Gasteiger partial charge >= 0.3 is 0 Å². The van der Waals surface area contributed by atoms with Gasteiger partial charge in [-0.1, -0.05) is 13.3 Å². The van der Waals surface area contributed by atoms with Gasteiger partial charge in [0.1, 0.15) is 6.61 Å². The highest BCUT2D eigenvalue weighted by Crippen LogP contribution is 1.99. The van der Waals surface area contributed by atoms with Crippen LogP contribution in [-0.2, 0) is 9.53 Å². The van der Waals surface area contributed by atoms with Crippen molar-refractivity contribution in [3.05, 3.63) is 0 Å². The predicted octanol–water partition coefficient (Wildman–Crippen LogP) is 0.677.